The zero-order chi connectivity index (χ0) is 9.42. The Labute approximate surface area is 88.8 Å². The zero-order valence-corrected chi connectivity index (χ0v) is 8.93. The third-order valence-electron chi connectivity index (χ3n) is 1.82. The Hall–Kier alpha value is -0.800. The first-order valence-electron chi connectivity index (χ1n) is 3.68. The molecule has 0 spiro atoms. The molecule has 0 aliphatic carbocycles. The molecule has 0 saturated heterocycles. The maximum atomic E-state index is 5.84. The lowest BCUT2D eigenvalue weighted by molar-refractivity contribution is 1.39. The van der Waals surface area contributed by atoms with E-state index in [0.717, 1.165) is 15.4 Å². The minimum Gasteiger partial charge on any atom is -0.397 e. The predicted octanol–water partition coefficient (Wildman–Crippen LogP) is 3.23. The highest BCUT2D eigenvalue weighted by Crippen LogP contribution is 2.28. The van der Waals surface area contributed by atoms with E-state index in [-0.39, 0.29) is 0 Å². The molecule has 66 valence electrons. The van der Waals surface area contributed by atoms with Crippen LogP contribution in [0.3, 0.4) is 0 Å². The second-order valence-corrected chi connectivity index (χ2v) is 3.97. The van der Waals surface area contributed by atoms with Gasteiger partial charge >= 0.3 is 0 Å². The van der Waals surface area contributed by atoms with Crippen molar-refractivity contribution in [2.75, 3.05) is 5.73 Å². The Bertz CT molecular complexity index is 470. The average molecular weight is 258 g/mol. The summed E-state index contributed by atoms with van der Waals surface area (Å²) in [5.41, 5.74) is 7.35. The van der Waals surface area contributed by atoms with Crippen molar-refractivity contribution in [2.45, 2.75) is 0 Å². The Morgan fingerprint density at radius 2 is 2.15 bits per heavy atom. The van der Waals surface area contributed by atoms with Crippen molar-refractivity contribution in [1.82, 2.24) is 4.98 Å². The van der Waals surface area contributed by atoms with Gasteiger partial charge in [0, 0.05) is 16.6 Å². The van der Waals surface area contributed by atoms with Crippen molar-refractivity contribution in [3.05, 3.63) is 33.9 Å². The quantitative estimate of drug-likeness (QED) is 0.787. The predicted molar refractivity (Wildman–Crippen MR) is 58.9 cm³/mol. The number of benzene rings is 1. The van der Waals surface area contributed by atoms with Gasteiger partial charge in [-0.15, -0.1) is 0 Å². The summed E-state index contributed by atoms with van der Waals surface area (Å²) in [4.78, 5) is 4.19. The van der Waals surface area contributed by atoms with Gasteiger partial charge < -0.3 is 5.73 Å². The molecule has 2 aromatic rings. The smallest absolute Gasteiger partial charge is 0.0738 e. The lowest BCUT2D eigenvalue weighted by Gasteiger charge is -2.03. The molecule has 0 amide bonds. The van der Waals surface area contributed by atoms with E-state index in [1.54, 1.807) is 18.3 Å². The second kappa shape index (κ2) is 3.16. The van der Waals surface area contributed by atoms with Crippen molar-refractivity contribution in [1.29, 1.82) is 0 Å². The highest BCUT2D eigenvalue weighted by atomic mass is 79.9. The Kier molecular flexibility index (Phi) is 2.14. The van der Waals surface area contributed by atoms with Gasteiger partial charge in [-0.3, -0.25) is 4.98 Å². The largest absolute Gasteiger partial charge is 0.397 e. The molecule has 0 aliphatic heterocycles. The first-order chi connectivity index (χ1) is 6.18. The third-order valence-corrected chi connectivity index (χ3v) is 2.69. The van der Waals surface area contributed by atoms with Crippen molar-refractivity contribution in [2.24, 2.45) is 0 Å². The molecule has 13 heavy (non-hydrogen) atoms. The fourth-order valence-corrected chi connectivity index (χ4v) is 1.65. The summed E-state index contributed by atoms with van der Waals surface area (Å²) in [5.74, 6) is 0. The molecule has 0 saturated carbocycles. The second-order valence-electron chi connectivity index (χ2n) is 2.68. The Balaban J connectivity index is 2.87. The molecule has 2 nitrogen and oxygen atoms in total. The highest BCUT2D eigenvalue weighted by molar-refractivity contribution is 9.10. The molecule has 0 fully saturated rings. The first kappa shape index (κ1) is 8.78. The molecule has 4 heteroatoms. The first-order valence-corrected chi connectivity index (χ1v) is 4.85. The van der Waals surface area contributed by atoms with Crippen LogP contribution in [0.15, 0.2) is 28.9 Å². The van der Waals surface area contributed by atoms with Crippen LogP contribution in [-0.4, -0.2) is 4.98 Å². The fourth-order valence-electron chi connectivity index (χ4n) is 1.16. The summed E-state index contributed by atoms with van der Waals surface area (Å²) in [6.07, 6.45) is 1.67. The van der Waals surface area contributed by atoms with E-state index in [4.69, 9.17) is 17.3 Å². The van der Waals surface area contributed by atoms with Gasteiger partial charge in [-0.05, 0) is 34.1 Å². The van der Waals surface area contributed by atoms with Crippen LogP contribution in [-0.2, 0) is 0 Å². The molecule has 1 heterocycles. The highest BCUT2D eigenvalue weighted by Gasteiger charge is 2.03. The number of nitrogen functional groups attached to an aromatic ring is 1. The molecule has 1 aromatic carbocycles. The van der Waals surface area contributed by atoms with E-state index in [0.29, 0.717) is 10.7 Å². The summed E-state index contributed by atoms with van der Waals surface area (Å²) < 4.78 is 0.808. The van der Waals surface area contributed by atoms with E-state index < -0.39 is 0 Å². The number of hydrogen-bond donors (Lipinski definition) is 1. The summed E-state index contributed by atoms with van der Waals surface area (Å²) in [6, 6.07) is 5.46. The maximum Gasteiger partial charge on any atom is 0.0738 e. The lowest BCUT2D eigenvalue weighted by Crippen LogP contribution is -1.90. The van der Waals surface area contributed by atoms with E-state index >= 15 is 0 Å². The molecule has 0 bridgehead atoms. The lowest BCUT2D eigenvalue weighted by atomic mass is 10.2. The minimum atomic E-state index is 0.668. The van der Waals surface area contributed by atoms with Crippen LogP contribution < -0.4 is 5.73 Å². The number of rotatable bonds is 0. The van der Waals surface area contributed by atoms with Crippen LogP contribution >= 0.6 is 27.5 Å². The maximum absolute atomic E-state index is 5.84. The van der Waals surface area contributed by atoms with Gasteiger partial charge in [0.1, 0.15) is 0 Å². The summed E-state index contributed by atoms with van der Waals surface area (Å²) in [7, 11) is 0. The van der Waals surface area contributed by atoms with Crippen LogP contribution in [0.4, 0.5) is 5.69 Å². The van der Waals surface area contributed by atoms with Crippen LogP contribution in [0.2, 0.25) is 5.02 Å². The molecular weight excluding hydrogens is 251 g/mol. The Morgan fingerprint density at radius 3 is 2.92 bits per heavy atom. The summed E-state index contributed by atoms with van der Waals surface area (Å²) >= 11 is 9.13. The number of aromatic nitrogens is 1. The normalized spacial score (nSPS) is 10.6. The number of hydrogen-bond acceptors (Lipinski definition) is 2. The van der Waals surface area contributed by atoms with Gasteiger partial charge in [0.15, 0.2) is 0 Å². The fraction of sp³-hybridized carbons (Fsp3) is 0. The standard InChI is InChI=1S/C9H6BrClN2/c10-7-4-13-8-3-5(11)1-2-6(8)9(7)12/h1-4H,(H2,12,13). The molecule has 0 atom stereocenters. The monoisotopic (exact) mass is 256 g/mol. The van der Waals surface area contributed by atoms with Gasteiger partial charge in [-0.2, -0.15) is 0 Å². The molecular formula is C9H6BrClN2. The zero-order valence-electron chi connectivity index (χ0n) is 6.59. The molecule has 0 radical (unpaired) electrons. The van der Waals surface area contributed by atoms with Crippen molar-refractivity contribution in [3.8, 4) is 0 Å². The van der Waals surface area contributed by atoms with Crippen LogP contribution in [0.25, 0.3) is 10.9 Å². The van der Waals surface area contributed by atoms with Gasteiger partial charge in [-0.1, -0.05) is 11.6 Å². The van der Waals surface area contributed by atoms with Crippen molar-refractivity contribution >= 4 is 44.1 Å². The van der Waals surface area contributed by atoms with E-state index in [9.17, 15) is 0 Å². The van der Waals surface area contributed by atoms with E-state index in [2.05, 4.69) is 20.9 Å². The van der Waals surface area contributed by atoms with Crippen LogP contribution in [0.1, 0.15) is 0 Å². The molecule has 1 aromatic heterocycles. The SMILES string of the molecule is Nc1c(Br)cnc2cc(Cl)ccc12. The number of halogens is 2. The van der Waals surface area contributed by atoms with Crippen molar-refractivity contribution < 1.29 is 0 Å². The van der Waals surface area contributed by atoms with Gasteiger partial charge in [-0.25, -0.2) is 0 Å². The van der Waals surface area contributed by atoms with Gasteiger partial charge in [0.25, 0.3) is 0 Å². The van der Waals surface area contributed by atoms with Gasteiger partial charge in [0.05, 0.1) is 15.7 Å². The molecule has 2 N–H and O–H groups in total. The number of nitrogens with two attached hydrogens (primary N) is 1. The number of anilines is 1. The Morgan fingerprint density at radius 1 is 1.38 bits per heavy atom. The van der Waals surface area contributed by atoms with Crippen molar-refractivity contribution in [3.63, 3.8) is 0 Å². The average Bonchev–Trinajstić information content (AvgIpc) is 2.12. The molecule has 0 aliphatic rings. The van der Waals surface area contributed by atoms with Gasteiger partial charge in [0.2, 0.25) is 0 Å². The third kappa shape index (κ3) is 1.49. The van der Waals surface area contributed by atoms with E-state index in [1.165, 1.54) is 0 Å². The number of pyridine rings is 1. The summed E-state index contributed by atoms with van der Waals surface area (Å²) in [5, 5.41) is 1.58. The number of fused-ring (bicyclic) bond motifs is 1. The molecule has 0 unspecified atom stereocenters. The van der Waals surface area contributed by atoms with E-state index in [1.807, 2.05) is 6.07 Å². The molecule has 2 rings (SSSR count). The minimum absolute atomic E-state index is 0.668. The summed E-state index contributed by atoms with van der Waals surface area (Å²) in [6.45, 7) is 0. The number of nitrogens with zero attached hydrogens (tertiary/aromatic N) is 1. The van der Waals surface area contributed by atoms with Crippen LogP contribution in [0.5, 0.6) is 0 Å². The topological polar surface area (TPSA) is 38.9 Å². The van der Waals surface area contributed by atoms with Crippen LogP contribution in [0, 0.1) is 0 Å².